The molecule has 1 heterocycles. The third-order valence-electron chi connectivity index (χ3n) is 2.41. The van der Waals surface area contributed by atoms with Crippen LogP contribution in [-0.4, -0.2) is 11.9 Å². The van der Waals surface area contributed by atoms with Gasteiger partial charge >= 0.3 is 0 Å². The third kappa shape index (κ3) is 3.68. The second-order valence-corrected chi connectivity index (χ2v) is 4.82. The van der Waals surface area contributed by atoms with E-state index in [1.807, 2.05) is 20.1 Å². The number of halogens is 1. The van der Waals surface area contributed by atoms with Crippen molar-refractivity contribution in [3.05, 3.63) is 29.6 Å². The van der Waals surface area contributed by atoms with Crippen LogP contribution in [0, 0.1) is 5.82 Å². The number of ether oxygens (including phenoxy) is 1. The molecule has 0 saturated carbocycles. The fourth-order valence-electron chi connectivity index (χ4n) is 1.61. The first kappa shape index (κ1) is 13.3. The van der Waals surface area contributed by atoms with Gasteiger partial charge in [0.05, 0.1) is 0 Å². The van der Waals surface area contributed by atoms with Crippen molar-refractivity contribution in [3.8, 4) is 5.75 Å². The molecule has 0 atom stereocenters. The first-order valence-corrected chi connectivity index (χ1v) is 6.47. The highest BCUT2D eigenvalue weighted by atomic mass is 32.2. The van der Waals surface area contributed by atoms with Crippen molar-refractivity contribution in [2.75, 3.05) is 6.26 Å². The van der Waals surface area contributed by atoms with Crippen LogP contribution in [0.15, 0.2) is 18.2 Å². The van der Waals surface area contributed by atoms with E-state index in [1.165, 1.54) is 24.1 Å². The van der Waals surface area contributed by atoms with Crippen molar-refractivity contribution in [1.29, 1.82) is 0 Å². The van der Waals surface area contributed by atoms with Crippen molar-refractivity contribution in [2.45, 2.75) is 32.3 Å². The maximum absolute atomic E-state index is 12.9. The summed E-state index contributed by atoms with van der Waals surface area (Å²) in [6.07, 6.45) is 3.79. The first-order valence-electron chi connectivity index (χ1n) is 5.19. The summed E-state index contributed by atoms with van der Waals surface area (Å²) in [6.45, 7) is 4.06. The zero-order valence-electron chi connectivity index (χ0n) is 9.92. The number of aryl methyl sites for hydroxylation is 1. The van der Waals surface area contributed by atoms with Gasteiger partial charge in [0, 0.05) is 6.07 Å². The lowest BCUT2D eigenvalue weighted by atomic mass is 9.94. The van der Waals surface area contributed by atoms with Crippen LogP contribution >= 0.6 is 11.9 Å². The molecule has 0 spiro atoms. The lowest BCUT2D eigenvalue weighted by Crippen LogP contribution is -2.32. The van der Waals surface area contributed by atoms with Crippen molar-refractivity contribution in [1.82, 2.24) is 0 Å². The van der Waals surface area contributed by atoms with Gasteiger partial charge in [-0.3, -0.25) is 5.14 Å². The first-order chi connectivity index (χ1) is 7.48. The summed E-state index contributed by atoms with van der Waals surface area (Å²) in [6, 6.07) is 4.76. The molecule has 16 heavy (non-hydrogen) atoms. The number of fused-ring (bicyclic) bond motifs is 1. The van der Waals surface area contributed by atoms with Gasteiger partial charge in [-0.25, -0.2) is 4.39 Å². The molecule has 1 aliphatic rings. The Morgan fingerprint density at radius 1 is 1.44 bits per heavy atom. The van der Waals surface area contributed by atoms with Gasteiger partial charge < -0.3 is 4.74 Å². The number of rotatable bonds is 0. The molecule has 2 rings (SSSR count). The molecule has 2 nitrogen and oxygen atoms in total. The van der Waals surface area contributed by atoms with Crippen LogP contribution in [0.2, 0.25) is 0 Å². The van der Waals surface area contributed by atoms with Crippen LogP contribution in [0.25, 0.3) is 0 Å². The predicted octanol–water partition coefficient (Wildman–Crippen LogP) is 3.15. The molecule has 4 heteroatoms. The minimum atomic E-state index is -0.226. The molecule has 0 unspecified atom stereocenters. The lowest BCUT2D eigenvalue weighted by Gasteiger charge is -2.32. The molecule has 0 radical (unpaired) electrons. The normalized spacial score (nSPS) is 16.6. The molecule has 0 aromatic heterocycles. The Bertz CT molecular complexity index is 355. The summed E-state index contributed by atoms with van der Waals surface area (Å²) in [4.78, 5) is 0. The van der Waals surface area contributed by atoms with Crippen molar-refractivity contribution < 1.29 is 9.13 Å². The van der Waals surface area contributed by atoms with Gasteiger partial charge in [-0.15, -0.1) is 0 Å². The molecular weight excluding hydrogens is 225 g/mol. The van der Waals surface area contributed by atoms with Crippen LogP contribution < -0.4 is 9.88 Å². The molecule has 0 bridgehead atoms. The van der Waals surface area contributed by atoms with E-state index in [0.29, 0.717) is 5.75 Å². The summed E-state index contributed by atoms with van der Waals surface area (Å²) in [5, 5.41) is 4.76. The third-order valence-corrected chi connectivity index (χ3v) is 2.41. The Balaban J connectivity index is 0.000000386. The second kappa shape index (κ2) is 5.55. The monoisotopic (exact) mass is 243 g/mol. The standard InChI is InChI=1S/C11H13FO.CH5NS/c1-11(2)6-5-8-3-4-9(12)7-10(8)13-11;1-3-2/h3-4,7H,5-6H2,1-2H3;2H2,1H3. The molecular formula is C12H18FNOS. The van der Waals surface area contributed by atoms with E-state index >= 15 is 0 Å². The zero-order chi connectivity index (χ0) is 12.2. The van der Waals surface area contributed by atoms with E-state index < -0.39 is 0 Å². The van der Waals surface area contributed by atoms with Gasteiger partial charge in [0.2, 0.25) is 0 Å². The van der Waals surface area contributed by atoms with E-state index in [2.05, 4.69) is 0 Å². The van der Waals surface area contributed by atoms with Crippen LogP contribution in [0.1, 0.15) is 25.8 Å². The molecule has 0 aliphatic carbocycles. The van der Waals surface area contributed by atoms with Gasteiger partial charge in [0.15, 0.2) is 0 Å². The Hall–Kier alpha value is -0.740. The van der Waals surface area contributed by atoms with Gasteiger partial charge in [0.25, 0.3) is 0 Å². The van der Waals surface area contributed by atoms with Gasteiger partial charge in [-0.05, 0) is 44.6 Å². The van der Waals surface area contributed by atoms with Crippen LogP contribution in [-0.2, 0) is 6.42 Å². The maximum atomic E-state index is 12.9. The molecule has 1 aromatic rings. The fraction of sp³-hybridized carbons (Fsp3) is 0.500. The van der Waals surface area contributed by atoms with Gasteiger partial charge in [-0.1, -0.05) is 18.0 Å². The average Bonchev–Trinajstić information content (AvgIpc) is 2.16. The molecule has 2 N–H and O–H groups in total. The molecule has 0 amide bonds. The van der Waals surface area contributed by atoms with E-state index in [-0.39, 0.29) is 11.4 Å². The minimum Gasteiger partial charge on any atom is -0.487 e. The summed E-state index contributed by atoms with van der Waals surface area (Å²) in [5.74, 6) is 0.479. The maximum Gasteiger partial charge on any atom is 0.126 e. The van der Waals surface area contributed by atoms with Gasteiger partial charge in [0.1, 0.15) is 17.2 Å². The van der Waals surface area contributed by atoms with Gasteiger partial charge in [-0.2, -0.15) is 0 Å². The summed E-state index contributed by atoms with van der Waals surface area (Å²) >= 11 is 1.25. The van der Waals surface area contributed by atoms with Crippen molar-refractivity contribution in [2.24, 2.45) is 5.14 Å². The van der Waals surface area contributed by atoms with Crippen LogP contribution in [0.3, 0.4) is 0 Å². The topological polar surface area (TPSA) is 35.2 Å². The van der Waals surface area contributed by atoms with E-state index in [9.17, 15) is 4.39 Å². The molecule has 0 fully saturated rings. The number of benzene rings is 1. The van der Waals surface area contributed by atoms with Crippen LogP contribution in [0.4, 0.5) is 4.39 Å². The Kier molecular flexibility index (Phi) is 4.62. The molecule has 1 aliphatic heterocycles. The smallest absolute Gasteiger partial charge is 0.126 e. The predicted molar refractivity (Wildman–Crippen MR) is 67.1 cm³/mol. The lowest BCUT2D eigenvalue weighted by molar-refractivity contribution is 0.0842. The quantitative estimate of drug-likeness (QED) is 0.711. The molecule has 90 valence electrons. The average molecular weight is 243 g/mol. The SMILES string of the molecule is CC1(C)CCc2ccc(F)cc2O1.CSN. The van der Waals surface area contributed by atoms with E-state index in [4.69, 9.17) is 9.88 Å². The number of hydrogen-bond acceptors (Lipinski definition) is 3. The number of nitrogens with two attached hydrogens (primary N) is 1. The van der Waals surface area contributed by atoms with Crippen molar-refractivity contribution >= 4 is 11.9 Å². The van der Waals surface area contributed by atoms with Crippen LogP contribution in [0.5, 0.6) is 5.75 Å². The summed E-state index contributed by atoms with van der Waals surface area (Å²) in [5.41, 5.74) is 0.960. The Morgan fingerprint density at radius 3 is 2.69 bits per heavy atom. The highest BCUT2D eigenvalue weighted by Crippen LogP contribution is 2.33. The number of hydrogen-bond donors (Lipinski definition) is 1. The minimum absolute atomic E-state index is 0.152. The highest BCUT2D eigenvalue weighted by molar-refractivity contribution is 7.96. The Labute approximate surface area is 100 Å². The molecule has 0 saturated heterocycles. The second-order valence-electron chi connectivity index (χ2n) is 4.35. The fourth-order valence-corrected chi connectivity index (χ4v) is 1.61. The van der Waals surface area contributed by atoms with Crippen molar-refractivity contribution in [3.63, 3.8) is 0 Å². The van der Waals surface area contributed by atoms with E-state index in [1.54, 1.807) is 6.07 Å². The Morgan fingerprint density at radius 2 is 2.06 bits per heavy atom. The largest absolute Gasteiger partial charge is 0.487 e. The highest BCUT2D eigenvalue weighted by Gasteiger charge is 2.26. The van der Waals surface area contributed by atoms with E-state index in [0.717, 1.165) is 18.4 Å². The summed E-state index contributed by atoms with van der Waals surface area (Å²) < 4.78 is 18.5. The zero-order valence-corrected chi connectivity index (χ0v) is 10.7. The molecule has 1 aromatic carbocycles. The summed E-state index contributed by atoms with van der Waals surface area (Å²) in [7, 11) is 0.